The van der Waals surface area contributed by atoms with E-state index in [-0.39, 0.29) is 30.0 Å². The second-order valence-corrected chi connectivity index (χ2v) is 7.14. The first-order valence-electron chi connectivity index (χ1n) is 9.62. The summed E-state index contributed by atoms with van der Waals surface area (Å²) in [5, 5.41) is 12.1. The summed E-state index contributed by atoms with van der Waals surface area (Å²) >= 11 is 0. The van der Waals surface area contributed by atoms with Gasteiger partial charge in [-0.2, -0.15) is 18.2 Å². The first kappa shape index (κ1) is 20.2. The molecule has 0 spiro atoms. The van der Waals surface area contributed by atoms with E-state index in [9.17, 15) is 13.2 Å². The molecule has 1 aliphatic heterocycles. The number of rotatable bonds is 4. The summed E-state index contributed by atoms with van der Waals surface area (Å²) in [4.78, 5) is 4.22. The number of benzene rings is 2. The number of hydrogen-bond donors (Lipinski definition) is 0. The molecule has 5 rings (SSSR count). The standard InChI is InChI=1S/C21H16F3N5O3/c1-30-15-7-3-4-12(9-15)17-10-29-16(11-31-17)18(26-28-29)20-25-19(27-32-20)13-5-2-6-14(8-13)21(22,23)24/h2-9,17H,10-11H2,1H3/t17-/m1/s1. The molecular formula is C21H16F3N5O3. The van der Waals surface area contributed by atoms with Crippen LogP contribution >= 0.6 is 0 Å². The fourth-order valence-corrected chi connectivity index (χ4v) is 3.49. The van der Waals surface area contributed by atoms with Crippen LogP contribution in [0.5, 0.6) is 5.75 Å². The highest BCUT2D eigenvalue weighted by Gasteiger charge is 2.31. The second-order valence-electron chi connectivity index (χ2n) is 7.14. The number of methoxy groups -OCH3 is 1. The molecule has 8 nitrogen and oxygen atoms in total. The Labute approximate surface area is 179 Å². The highest BCUT2D eigenvalue weighted by atomic mass is 19.4. The Morgan fingerprint density at radius 1 is 1.12 bits per heavy atom. The summed E-state index contributed by atoms with van der Waals surface area (Å²) in [5.74, 6) is 0.810. The maximum absolute atomic E-state index is 13.0. The van der Waals surface area contributed by atoms with Crippen LogP contribution in [0.25, 0.3) is 23.0 Å². The predicted octanol–water partition coefficient (Wildman–Crippen LogP) is 4.29. The lowest BCUT2D eigenvalue weighted by Crippen LogP contribution is -2.22. The van der Waals surface area contributed by atoms with Crippen LogP contribution in [-0.2, 0) is 24.1 Å². The van der Waals surface area contributed by atoms with Gasteiger partial charge in [-0.15, -0.1) is 5.10 Å². The molecule has 32 heavy (non-hydrogen) atoms. The molecule has 11 heteroatoms. The molecule has 164 valence electrons. The van der Waals surface area contributed by atoms with Crippen LogP contribution < -0.4 is 4.74 Å². The minimum Gasteiger partial charge on any atom is -0.497 e. The molecule has 0 unspecified atom stereocenters. The van der Waals surface area contributed by atoms with Gasteiger partial charge in [-0.25, -0.2) is 4.68 Å². The van der Waals surface area contributed by atoms with Crippen molar-refractivity contribution in [1.82, 2.24) is 25.1 Å². The summed E-state index contributed by atoms with van der Waals surface area (Å²) in [6, 6.07) is 12.3. The molecule has 1 atom stereocenters. The van der Waals surface area contributed by atoms with Gasteiger partial charge in [0.15, 0.2) is 5.69 Å². The number of fused-ring (bicyclic) bond motifs is 1. The van der Waals surface area contributed by atoms with Crippen molar-refractivity contribution in [2.24, 2.45) is 0 Å². The van der Waals surface area contributed by atoms with E-state index < -0.39 is 11.7 Å². The Kier molecular flexibility index (Phi) is 4.89. The number of nitrogens with zero attached hydrogens (tertiary/aromatic N) is 5. The lowest BCUT2D eigenvalue weighted by molar-refractivity contribution is -0.137. The first-order valence-corrected chi connectivity index (χ1v) is 9.62. The largest absolute Gasteiger partial charge is 0.497 e. The van der Waals surface area contributed by atoms with E-state index in [0.717, 1.165) is 23.4 Å². The third-order valence-electron chi connectivity index (χ3n) is 5.14. The van der Waals surface area contributed by atoms with E-state index in [0.29, 0.717) is 17.9 Å². The third-order valence-corrected chi connectivity index (χ3v) is 5.14. The van der Waals surface area contributed by atoms with Crippen molar-refractivity contribution in [1.29, 1.82) is 0 Å². The van der Waals surface area contributed by atoms with Crippen molar-refractivity contribution in [3.05, 3.63) is 65.4 Å². The van der Waals surface area contributed by atoms with Gasteiger partial charge < -0.3 is 14.0 Å². The average molecular weight is 443 g/mol. The number of ether oxygens (including phenoxy) is 2. The second kappa shape index (κ2) is 7.75. The highest BCUT2D eigenvalue weighted by Crippen LogP contribution is 2.34. The van der Waals surface area contributed by atoms with Crippen molar-refractivity contribution in [3.63, 3.8) is 0 Å². The van der Waals surface area contributed by atoms with Crippen LogP contribution in [0.15, 0.2) is 53.1 Å². The lowest BCUT2D eigenvalue weighted by atomic mass is 10.1. The molecule has 0 saturated carbocycles. The quantitative estimate of drug-likeness (QED) is 0.465. The molecular weight excluding hydrogens is 427 g/mol. The van der Waals surface area contributed by atoms with Gasteiger partial charge in [-0.1, -0.05) is 34.6 Å². The molecule has 0 N–H and O–H groups in total. The van der Waals surface area contributed by atoms with Crippen molar-refractivity contribution in [2.45, 2.75) is 25.4 Å². The normalized spacial score (nSPS) is 16.1. The Balaban J connectivity index is 1.40. The van der Waals surface area contributed by atoms with Crippen LogP contribution in [-0.4, -0.2) is 32.2 Å². The molecule has 1 aliphatic rings. The molecule has 3 heterocycles. The number of aromatic nitrogens is 5. The fourth-order valence-electron chi connectivity index (χ4n) is 3.49. The van der Waals surface area contributed by atoms with Gasteiger partial charge in [0.25, 0.3) is 5.89 Å². The first-order chi connectivity index (χ1) is 15.4. The number of halogens is 3. The average Bonchev–Trinajstić information content (AvgIpc) is 3.45. The van der Waals surface area contributed by atoms with E-state index >= 15 is 0 Å². The van der Waals surface area contributed by atoms with E-state index in [1.54, 1.807) is 11.8 Å². The molecule has 4 aromatic rings. The molecule has 0 aliphatic carbocycles. The van der Waals surface area contributed by atoms with Gasteiger partial charge in [-0.05, 0) is 29.8 Å². The van der Waals surface area contributed by atoms with Crippen molar-refractivity contribution < 1.29 is 27.2 Å². The van der Waals surface area contributed by atoms with Gasteiger partial charge in [0, 0.05) is 5.56 Å². The monoisotopic (exact) mass is 443 g/mol. The zero-order valence-corrected chi connectivity index (χ0v) is 16.7. The Morgan fingerprint density at radius 3 is 2.78 bits per heavy atom. The van der Waals surface area contributed by atoms with Gasteiger partial charge in [-0.3, -0.25) is 0 Å². The molecule has 0 radical (unpaired) electrons. The smallest absolute Gasteiger partial charge is 0.416 e. The fraction of sp³-hybridized carbons (Fsp3) is 0.238. The minimum absolute atomic E-state index is 0.0267. The summed E-state index contributed by atoms with van der Waals surface area (Å²) < 4.78 is 57.2. The van der Waals surface area contributed by atoms with Crippen LogP contribution in [0.4, 0.5) is 13.2 Å². The van der Waals surface area contributed by atoms with Crippen LogP contribution in [0.3, 0.4) is 0 Å². The van der Waals surface area contributed by atoms with Gasteiger partial charge in [0.05, 0.1) is 31.5 Å². The lowest BCUT2D eigenvalue weighted by Gasteiger charge is -2.24. The summed E-state index contributed by atoms with van der Waals surface area (Å²) in [5.41, 5.74) is 1.31. The van der Waals surface area contributed by atoms with Gasteiger partial charge >= 0.3 is 6.18 Å². The molecule has 0 saturated heterocycles. The molecule has 0 bridgehead atoms. The van der Waals surface area contributed by atoms with Crippen molar-refractivity contribution in [3.8, 4) is 28.7 Å². The van der Waals surface area contributed by atoms with E-state index in [1.165, 1.54) is 12.1 Å². The topological polar surface area (TPSA) is 88.1 Å². The van der Waals surface area contributed by atoms with Crippen LogP contribution in [0.2, 0.25) is 0 Å². The van der Waals surface area contributed by atoms with Crippen molar-refractivity contribution >= 4 is 0 Å². The maximum atomic E-state index is 13.0. The van der Waals surface area contributed by atoms with Crippen molar-refractivity contribution in [2.75, 3.05) is 7.11 Å². The highest BCUT2D eigenvalue weighted by molar-refractivity contribution is 5.59. The van der Waals surface area contributed by atoms with E-state index in [2.05, 4.69) is 20.5 Å². The number of alkyl halides is 3. The summed E-state index contributed by atoms with van der Waals surface area (Å²) in [6.07, 6.45) is -4.71. The van der Waals surface area contributed by atoms with Crippen LogP contribution in [0, 0.1) is 0 Å². The predicted molar refractivity (Wildman–Crippen MR) is 104 cm³/mol. The zero-order chi connectivity index (χ0) is 22.3. The SMILES string of the molecule is COc1cccc([C@H]2Cn3nnc(-c4nc(-c5cccc(C(F)(F)F)c5)no4)c3CO2)c1. The molecule has 0 amide bonds. The molecule has 2 aromatic carbocycles. The van der Waals surface area contributed by atoms with Crippen LogP contribution in [0.1, 0.15) is 22.9 Å². The summed E-state index contributed by atoms with van der Waals surface area (Å²) in [7, 11) is 1.60. The molecule has 0 fully saturated rings. The Morgan fingerprint density at radius 2 is 1.97 bits per heavy atom. The number of hydrogen-bond acceptors (Lipinski definition) is 7. The Hall–Kier alpha value is -3.73. The minimum atomic E-state index is -4.47. The molecule has 2 aromatic heterocycles. The van der Waals surface area contributed by atoms with Gasteiger partial charge in [0.2, 0.25) is 5.82 Å². The third kappa shape index (κ3) is 3.71. The van der Waals surface area contributed by atoms with E-state index in [4.69, 9.17) is 14.0 Å². The van der Waals surface area contributed by atoms with Gasteiger partial charge in [0.1, 0.15) is 11.9 Å². The summed E-state index contributed by atoms with van der Waals surface area (Å²) in [6.45, 7) is 0.621. The van der Waals surface area contributed by atoms with E-state index in [1.807, 2.05) is 24.3 Å². The Bertz CT molecular complexity index is 1270. The zero-order valence-electron chi connectivity index (χ0n) is 16.7. The maximum Gasteiger partial charge on any atom is 0.416 e.